The van der Waals surface area contributed by atoms with E-state index in [2.05, 4.69) is 5.16 Å². The lowest BCUT2D eigenvalue weighted by molar-refractivity contribution is 0.0971. The Labute approximate surface area is 147 Å². The quantitative estimate of drug-likeness (QED) is 0.703. The number of rotatable bonds is 7. The van der Waals surface area contributed by atoms with Gasteiger partial charge in [0.05, 0.1) is 23.6 Å². The van der Waals surface area contributed by atoms with Crippen LogP contribution in [0.1, 0.15) is 46.6 Å². The highest BCUT2D eigenvalue weighted by Gasteiger charge is 2.25. The van der Waals surface area contributed by atoms with E-state index in [1.807, 2.05) is 24.3 Å². The number of Topliss-reactive ketones (excluding diaryl/α,β-unsaturated/α-hetero) is 1. The molecule has 7 heteroatoms. The molecule has 0 aliphatic heterocycles. The molecule has 3 rings (SSSR count). The van der Waals surface area contributed by atoms with Gasteiger partial charge in [0, 0.05) is 19.1 Å². The minimum atomic E-state index is -2.95. The van der Waals surface area contributed by atoms with Gasteiger partial charge in [0.2, 0.25) is 0 Å². The molecule has 0 bridgehead atoms. The molecule has 2 aromatic rings. The lowest BCUT2D eigenvalue weighted by Crippen LogP contribution is -2.11. The number of hydrogen-bond donors (Lipinski definition) is 0. The molecule has 0 atom stereocenters. The zero-order valence-corrected chi connectivity index (χ0v) is 15.0. The fourth-order valence-corrected chi connectivity index (χ4v) is 3.55. The molecule has 0 spiro atoms. The Morgan fingerprint density at radius 3 is 2.68 bits per heavy atom. The number of benzene rings is 1. The number of hydrogen-bond acceptors (Lipinski definition) is 6. The number of aromatic nitrogens is 1. The van der Waals surface area contributed by atoms with Crippen LogP contribution in [0.25, 0.3) is 0 Å². The number of carbonyl (C=O) groups excluding carboxylic acids is 1. The minimum absolute atomic E-state index is 0.114. The lowest BCUT2D eigenvalue weighted by Gasteiger charge is -2.09. The first kappa shape index (κ1) is 17.7. The van der Waals surface area contributed by atoms with Gasteiger partial charge in [-0.25, -0.2) is 8.42 Å². The second kappa shape index (κ2) is 7.39. The van der Waals surface area contributed by atoms with Gasteiger partial charge in [0.15, 0.2) is 11.5 Å². The summed E-state index contributed by atoms with van der Waals surface area (Å²) >= 11 is 0. The maximum atomic E-state index is 12.1. The van der Waals surface area contributed by atoms with E-state index in [9.17, 15) is 13.2 Å². The number of carbonyl (C=O) groups is 1. The van der Waals surface area contributed by atoms with Crippen molar-refractivity contribution < 1.29 is 22.5 Å². The van der Waals surface area contributed by atoms with Crippen LogP contribution in [0.15, 0.2) is 28.8 Å². The maximum Gasteiger partial charge on any atom is 0.168 e. The van der Waals surface area contributed by atoms with Crippen molar-refractivity contribution in [3.8, 4) is 5.75 Å². The van der Waals surface area contributed by atoms with Crippen LogP contribution in [0.5, 0.6) is 5.75 Å². The number of ether oxygens (including phenoxy) is 1. The van der Waals surface area contributed by atoms with Gasteiger partial charge in [0.1, 0.15) is 15.6 Å². The summed E-state index contributed by atoms with van der Waals surface area (Å²) in [6.45, 7) is 0.358. The molecule has 1 aliphatic rings. The fraction of sp³-hybridized carbons (Fsp3) is 0.444. The summed E-state index contributed by atoms with van der Waals surface area (Å²) in [6, 6.07) is 7.49. The van der Waals surface area contributed by atoms with Gasteiger partial charge >= 0.3 is 0 Å². The molecule has 0 saturated carbocycles. The number of aryl methyl sites for hydroxylation is 1. The number of ketones is 1. The van der Waals surface area contributed by atoms with Crippen molar-refractivity contribution in [3.05, 3.63) is 46.8 Å². The van der Waals surface area contributed by atoms with Gasteiger partial charge in [-0.1, -0.05) is 17.3 Å². The second-order valence-corrected chi connectivity index (χ2v) is 8.62. The molecule has 1 heterocycles. The van der Waals surface area contributed by atoms with Crippen molar-refractivity contribution in [3.63, 3.8) is 0 Å². The first-order valence-corrected chi connectivity index (χ1v) is 10.4. The minimum Gasteiger partial charge on any atom is -0.494 e. The maximum absolute atomic E-state index is 12.1. The molecule has 25 heavy (non-hydrogen) atoms. The standard InChI is InChI=1S/C18H21NO5S/c1-25(21,22)11-3-10-23-14-8-6-13(7-9-14)12-17-18-15(19-24-17)4-2-5-16(18)20/h6-9H,2-5,10-12H2,1H3. The monoisotopic (exact) mass is 363 g/mol. The third-order valence-electron chi connectivity index (χ3n) is 4.15. The van der Waals surface area contributed by atoms with Crippen molar-refractivity contribution >= 4 is 15.6 Å². The van der Waals surface area contributed by atoms with E-state index >= 15 is 0 Å². The summed E-state index contributed by atoms with van der Waals surface area (Å²) < 4.78 is 33.1. The molecule has 1 aliphatic carbocycles. The van der Waals surface area contributed by atoms with E-state index < -0.39 is 9.84 Å². The Balaban J connectivity index is 1.58. The highest BCUT2D eigenvalue weighted by atomic mass is 32.2. The van der Waals surface area contributed by atoms with Crippen LogP contribution in [0.4, 0.5) is 0 Å². The van der Waals surface area contributed by atoms with Gasteiger partial charge in [-0.3, -0.25) is 4.79 Å². The van der Waals surface area contributed by atoms with E-state index in [1.54, 1.807) is 0 Å². The number of fused-ring (bicyclic) bond motifs is 1. The Morgan fingerprint density at radius 1 is 1.20 bits per heavy atom. The van der Waals surface area contributed by atoms with Gasteiger partial charge in [-0.05, 0) is 37.0 Å². The van der Waals surface area contributed by atoms with Gasteiger partial charge < -0.3 is 9.26 Å². The summed E-state index contributed by atoms with van der Waals surface area (Å²) in [5.74, 6) is 1.55. The molecule has 0 saturated heterocycles. The van der Waals surface area contributed by atoms with E-state index in [4.69, 9.17) is 9.26 Å². The molecule has 0 unspecified atom stereocenters. The lowest BCUT2D eigenvalue weighted by atomic mass is 9.93. The molecule has 1 aromatic heterocycles. The predicted octanol–water partition coefficient (Wildman–Crippen LogP) is 2.60. The van der Waals surface area contributed by atoms with Crippen LogP contribution in [-0.4, -0.2) is 38.0 Å². The molecule has 6 nitrogen and oxygen atoms in total. The van der Waals surface area contributed by atoms with E-state index in [0.29, 0.717) is 42.9 Å². The molecule has 0 amide bonds. The summed E-state index contributed by atoms with van der Waals surface area (Å²) in [5, 5.41) is 4.02. The summed E-state index contributed by atoms with van der Waals surface area (Å²) in [4.78, 5) is 12.1. The fourth-order valence-electron chi connectivity index (χ4n) is 2.91. The summed E-state index contributed by atoms with van der Waals surface area (Å²) in [7, 11) is -2.95. The Morgan fingerprint density at radius 2 is 1.96 bits per heavy atom. The SMILES string of the molecule is CS(=O)(=O)CCCOc1ccc(Cc2onc3c2C(=O)CCC3)cc1. The second-order valence-electron chi connectivity index (χ2n) is 6.36. The van der Waals surface area contributed by atoms with Gasteiger partial charge in [-0.2, -0.15) is 0 Å². The van der Waals surface area contributed by atoms with Crippen LogP contribution in [0, 0.1) is 0 Å². The topological polar surface area (TPSA) is 86.5 Å². The Hall–Kier alpha value is -2.15. The van der Waals surface area contributed by atoms with Gasteiger partial charge in [0.25, 0.3) is 0 Å². The summed E-state index contributed by atoms with van der Waals surface area (Å²) in [6.07, 6.45) is 4.39. The van der Waals surface area contributed by atoms with Crippen molar-refractivity contribution in [1.29, 1.82) is 0 Å². The zero-order valence-electron chi connectivity index (χ0n) is 14.2. The molecule has 0 radical (unpaired) electrons. The Kier molecular flexibility index (Phi) is 5.22. The number of nitrogens with zero attached hydrogens (tertiary/aromatic N) is 1. The molecule has 0 fully saturated rings. The van der Waals surface area contributed by atoms with Crippen molar-refractivity contribution in [1.82, 2.24) is 5.16 Å². The highest BCUT2D eigenvalue weighted by Crippen LogP contribution is 2.26. The number of sulfone groups is 1. The molecular weight excluding hydrogens is 342 g/mol. The average molecular weight is 363 g/mol. The molecule has 1 aromatic carbocycles. The largest absolute Gasteiger partial charge is 0.494 e. The van der Waals surface area contributed by atoms with Crippen molar-refractivity contribution in [2.75, 3.05) is 18.6 Å². The predicted molar refractivity (Wildman–Crippen MR) is 92.8 cm³/mol. The first-order chi connectivity index (χ1) is 11.9. The highest BCUT2D eigenvalue weighted by molar-refractivity contribution is 7.90. The molecule has 0 N–H and O–H groups in total. The Bertz CT molecular complexity index is 852. The third kappa shape index (κ3) is 4.69. The van der Waals surface area contributed by atoms with Crippen LogP contribution < -0.4 is 4.74 Å². The van der Waals surface area contributed by atoms with E-state index in [0.717, 1.165) is 24.1 Å². The van der Waals surface area contributed by atoms with Crippen LogP contribution in [0.3, 0.4) is 0 Å². The van der Waals surface area contributed by atoms with Crippen molar-refractivity contribution in [2.45, 2.75) is 32.1 Å². The average Bonchev–Trinajstić information content (AvgIpc) is 2.97. The van der Waals surface area contributed by atoms with Gasteiger partial charge in [-0.15, -0.1) is 0 Å². The van der Waals surface area contributed by atoms with E-state index in [-0.39, 0.29) is 11.5 Å². The third-order valence-corrected chi connectivity index (χ3v) is 5.18. The van der Waals surface area contributed by atoms with Crippen LogP contribution in [0.2, 0.25) is 0 Å². The zero-order chi connectivity index (χ0) is 17.9. The van der Waals surface area contributed by atoms with Crippen molar-refractivity contribution in [2.24, 2.45) is 0 Å². The molecule has 134 valence electrons. The molecular formula is C18H21NO5S. The first-order valence-electron chi connectivity index (χ1n) is 8.32. The normalized spacial score (nSPS) is 14.4. The van der Waals surface area contributed by atoms with E-state index in [1.165, 1.54) is 6.26 Å². The smallest absolute Gasteiger partial charge is 0.168 e. The summed E-state index contributed by atoms with van der Waals surface area (Å²) in [5.41, 5.74) is 2.44. The van der Waals surface area contributed by atoms with Crippen LogP contribution >= 0.6 is 0 Å². The van der Waals surface area contributed by atoms with Crippen LogP contribution in [-0.2, 0) is 22.7 Å².